The molecule has 8 nitrogen and oxygen atoms in total. The van der Waals surface area contributed by atoms with Gasteiger partial charge in [0.15, 0.2) is 0 Å². The van der Waals surface area contributed by atoms with E-state index in [2.05, 4.69) is 10.6 Å². The number of thiophene rings is 1. The number of amides is 3. The van der Waals surface area contributed by atoms with Crippen molar-refractivity contribution >= 4 is 34.2 Å². The Bertz CT molecular complexity index is 962. The summed E-state index contributed by atoms with van der Waals surface area (Å²) < 4.78 is 5.63. The molecule has 0 unspecified atom stereocenters. The van der Waals surface area contributed by atoms with Gasteiger partial charge < -0.3 is 16.2 Å². The van der Waals surface area contributed by atoms with Crippen molar-refractivity contribution in [1.29, 1.82) is 0 Å². The minimum absolute atomic E-state index is 0.0397. The molecule has 0 radical (unpaired) electrons. The van der Waals surface area contributed by atoms with Crippen LogP contribution in [0.1, 0.15) is 55.5 Å². The van der Waals surface area contributed by atoms with Crippen molar-refractivity contribution in [2.24, 2.45) is 11.5 Å². The fourth-order valence-corrected chi connectivity index (χ4v) is 4.48. The average molecular weight is 445 g/mol. The maximum atomic E-state index is 12.5. The van der Waals surface area contributed by atoms with Crippen LogP contribution < -0.4 is 22.1 Å². The van der Waals surface area contributed by atoms with E-state index < -0.39 is 17.5 Å². The van der Waals surface area contributed by atoms with Crippen LogP contribution in [0, 0.1) is 0 Å². The molecular formula is C22H28N4O4S. The number of esters is 1. The molecule has 31 heavy (non-hydrogen) atoms. The first-order valence-corrected chi connectivity index (χ1v) is 11.0. The molecule has 6 N–H and O–H groups in total. The van der Waals surface area contributed by atoms with E-state index in [1.165, 1.54) is 11.3 Å². The fourth-order valence-electron chi connectivity index (χ4n) is 3.41. The highest BCUT2D eigenvalue weighted by Crippen LogP contribution is 2.35. The predicted molar refractivity (Wildman–Crippen MR) is 121 cm³/mol. The Kier molecular flexibility index (Phi) is 6.97. The molecule has 0 atom stereocenters. The van der Waals surface area contributed by atoms with Gasteiger partial charge in [0.05, 0.1) is 5.56 Å². The summed E-state index contributed by atoms with van der Waals surface area (Å²) in [6, 6.07) is 8.56. The van der Waals surface area contributed by atoms with Gasteiger partial charge in [-0.15, -0.1) is 11.3 Å². The SMILES string of the molecule is CC(C)(NCc1ccc(-c2cc(C(N)=O)c(NC(N)=O)s2)cc1)C(=O)OC1CCCC1. The summed E-state index contributed by atoms with van der Waals surface area (Å²) in [6.07, 6.45) is 4.16. The second-order valence-corrected chi connectivity index (χ2v) is 9.25. The van der Waals surface area contributed by atoms with Gasteiger partial charge in [0.2, 0.25) is 0 Å². The summed E-state index contributed by atoms with van der Waals surface area (Å²) >= 11 is 1.22. The number of ether oxygens (including phenoxy) is 1. The molecule has 166 valence electrons. The van der Waals surface area contributed by atoms with Crippen molar-refractivity contribution < 1.29 is 19.1 Å². The van der Waals surface area contributed by atoms with E-state index >= 15 is 0 Å². The van der Waals surface area contributed by atoms with Crippen molar-refractivity contribution in [3.63, 3.8) is 0 Å². The van der Waals surface area contributed by atoms with Gasteiger partial charge in [-0.1, -0.05) is 24.3 Å². The number of rotatable bonds is 8. The Hall–Kier alpha value is -2.91. The van der Waals surface area contributed by atoms with Crippen LogP contribution in [0.25, 0.3) is 10.4 Å². The summed E-state index contributed by atoms with van der Waals surface area (Å²) in [6.45, 7) is 4.14. The molecule has 0 bridgehead atoms. The number of primary amides is 2. The largest absolute Gasteiger partial charge is 0.461 e. The van der Waals surface area contributed by atoms with Crippen LogP contribution in [-0.4, -0.2) is 29.6 Å². The van der Waals surface area contributed by atoms with E-state index in [9.17, 15) is 14.4 Å². The van der Waals surface area contributed by atoms with Crippen LogP contribution in [0.2, 0.25) is 0 Å². The lowest BCUT2D eigenvalue weighted by molar-refractivity contribution is -0.155. The number of hydrogen-bond donors (Lipinski definition) is 4. The summed E-state index contributed by atoms with van der Waals surface area (Å²) in [4.78, 5) is 36.1. The van der Waals surface area contributed by atoms with Crippen molar-refractivity contribution in [2.45, 2.75) is 57.7 Å². The molecule has 0 spiro atoms. The standard InChI is InChI=1S/C22H28N4O4S/c1-22(2,20(28)30-15-5-3-4-6-15)25-12-13-7-9-14(10-8-13)17-11-16(18(23)27)19(31-17)26-21(24)29/h7-11,15,25H,3-6,12H2,1-2H3,(H2,23,27)(H3,24,26,29). The van der Waals surface area contributed by atoms with E-state index in [1.807, 2.05) is 38.1 Å². The van der Waals surface area contributed by atoms with E-state index in [0.717, 1.165) is 41.7 Å². The van der Waals surface area contributed by atoms with Gasteiger partial charge >= 0.3 is 12.0 Å². The third-order valence-corrected chi connectivity index (χ3v) is 6.39. The minimum Gasteiger partial charge on any atom is -0.461 e. The number of benzene rings is 1. The first-order valence-electron chi connectivity index (χ1n) is 10.2. The van der Waals surface area contributed by atoms with Crippen molar-refractivity contribution in [2.75, 3.05) is 5.32 Å². The normalized spacial score (nSPS) is 14.4. The van der Waals surface area contributed by atoms with Crippen LogP contribution in [0.5, 0.6) is 0 Å². The smallest absolute Gasteiger partial charge is 0.326 e. The monoisotopic (exact) mass is 444 g/mol. The van der Waals surface area contributed by atoms with Gasteiger partial charge in [0, 0.05) is 11.4 Å². The maximum Gasteiger partial charge on any atom is 0.326 e. The number of nitrogens with two attached hydrogens (primary N) is 2. The molecule has 3 rings (SSSR count). The van der Waals surface area contributed by atoms with E-state index in [1.54, 1.807) is 6.07 Å². The van der Waals surface area contributed by atoms with Crippen LogP contribution in [-0.2, 0) is 16.1 Å². The highest BCUT2D eigenvalue weighted by atomic mass is 32.1. The highest BCUT2D eigenvalue weighted by molar-refractivity contribution is 7.20. The van der Waals surface area contributed by atoms with Crippen molar-refractivity contribution in [1.82, 2.24) is 5.32 Å². The topological polar surface area (TPSA) is 137 Å². The molecule has 1 aliphatic rings. The van der Waals surface area contributed by atoms with Crippen molar-refractivity contribution in [3.8, 4) is 10.4 Å². The number of urea groups is 1. The molecule has 1 saturated carbocycles. The van der Waals surface area contributed by atoms with E-state index in [-0.39, 0.29) is 17.6 Å². The zero-order chi connectivity index (χ0) is 22.6. The minimum atomic E-state index is -0.791. The third-order valence-electron chi connectivity index (χ3n) is 5.29. The predicted octanol–water partition coefficient (Wildman–Crippen LogP) is 3.36. The molecule has 1 aromatic carbocycles. The number of carbonyl (C=O) groups excluding carboxylic acids is 3. The maximum absolute atomic E-state index is 12.5. The number of carbonyl (C=O) groups is 3. The van der Waals surface area contributed by atoms with Crippen LogP contribution in [0.15, 0.2) is 30.3 Å². The number of hydrogen-bond acceptors (Lipinski definition) is 6. The molecule has 1 aromatic heterocycles. The van der Waals surface area contributed by atoms with Gasteiger partial charge in [0.1, 0.15) is 16.6 Å². The average Bonchev–Trinajstić information content (AvgIpc) is 3.36. The first-order chi connectivity index (χ1) is 14.7. The Morgan fingerprint density at radius 2 is 1.77 bits per heavy atom. The second-order valence-electron chi connectivity index (χ2n) is 8.19. The van der Waals surface area contributed by atoms with Crippen LogP contribution >= 0.6 is 11.3 Å². The Morgan fingerprint density at radius 3 is 2.35 bits per heavy atom. The lowest BCUT2D eigenvalue weighted by atomic mass is 10.0. The summed E-state index contributed by atoms with van der Waals surface area (Å²) in [5.41, 5.74) is 11.8. The Labute approximate surface area is 185 Å². The van der Waals surface area contributed by atoms with Gasteiger partial charge in [-0.2, -0.15) is 0 Å². The van der Waals surface area contributed by atoms with Gasteiger partial charge in [-0.05, 0) is 56.7 Å². The zero-order valence-corrected chi connectivity index (χ0v) is 18.5. The Morgan fingerprint density at radius 1 is 1.13 bits per heavy atom. The molecule has 2 aromatic rings. The third kappa shape index (κ3) is 5.83. The highest BCUT2D eigenvalue weighted by Gasteiger charge is 2.31. The van der Waals surface area contributed by atoms with Crippen LogP contribution in [0.4, 0.5) is 9.80 Å². The van der Waals surface area contributed by atoms with Gasteiger partial charge in [-0.25, -0.2) is 4.79 Å². The Balaban J connectivity index is 1.64. The molecule has 3 amide bonds. The lowest BCUT2D eigenvalue weighted by Crippen LogP contribution is -2.48. The van der Waals surface area contributed by atoms with Gasteiger partial charge in [0.25, 0.3) is 5.91 Å². The van der Waals surface area contributed by atoms with E-state index in [4.69, 9.17) is 16.2 Å². The summed E-state index contributed by atoms with van der Waals surface area (Å²) in [5, 5.41) is 6.02. The second kappa shape index (κ2) is 9.49. The zero-order valence-electron chi connectivity index (χ0n) is 17.7. The molecule has 1 aliphatic carbocycles. The van der Waals surface area contributed by atoms with Gasteiger partial charge in [-0.3, -0.25) is 20.2 Å². The quantitative estimate of drug-likeness (QED) is 0.463. The first kappa shape index (κ1) is 22.8. The molecule has 0 aliphatic heterocycles. The summed E-state index contributed by atoms with van der Waals surface area (Å²) in [7, 11) is 0. The van der Waals surface area contributed by atoms with E-state index in [0.29, 0.717) is 11.5 Å². The van der Waals surface area contributed by atoms with Crippen LogP contribution in [0.3, 0.4) is 0 Å². The number of anilines is 1. The number of nitrogens with one attached hydrogen (secondary N) is 2. The fraction of sp³-hybridized carbons (Fsp3) is 0.409. The molecular weight excluding hydrogens is 416 g/mol. The molecule has 0 saturated heterocycles. The molecule has 1 heterocycles. The molecule has 1 fully saturated rings. The summed E-state index contributed by atoms with van der Waals surface area (Å²) in [5.74, 6) is -0.873. The van der Waals surface area contributed by atoms with Crippen molar-refractivity contribution in [3.05, 3.63) is 41.5 Å². The lowest BCUT2D eigenvalue weighted by Gasteiger charge is -2.26. The molecule has 9 heteroatoms.